The summed E-state index contributed by atoms with van der Waals surface area (Å²) in [7, 11) is 0. The molecule has 0 aromatic carbocycles. The molecule has 0 aliphatic carbocycles. The average molecular weight is 856 g/mol. The van der Waals surface area contributed by atoms with Gasteiger partial charge in [-0.2, -0.15) is 0 Å². The van der Waals surface area contributed by atoms with E-state index in [1.54, 1.807) is 39.8 Å². The molecule has 2 bridgehead atoms. The molecule has 0 saturated heterocycles. The van der Waals surface area contributed by atoms with E-state index in [2.05, 4.69) is 15.6 Å². The van der Waals surface area contributed by atoms with E-state index in [-0.39, 0.29) is 124 Å². The number of aliphatic hydroxyl groups is 4. The van der Waals surface area contributed by atoms with Crippen LogP contribution in [0.25, 0.3) is 0 Å². The number of aliphatic carboxylic acids is 3. The minimum absolute atomic E-state index is 0. The number of carboxylic acids is 3. The second-order valence-corrected chi connectivity index (χ2v) is 11.9. The van der Waals surface area contributed by atoms with Gasteiger partial charge in [0.05, 0.1) is 36.8 Å². The third-order valence-corrected chi connectivity index (χ3v) is 8.29. The Hall–Kier alpha value is -2.46. The number of carboxylic acid groups (broad SMARTS) is 3. The van der Waals surface area contributed by atoms with Crippen LogP contribution in [0.5, 0.6) is 0 Å². The number of fused-ring (bicyclic) bond motifs is 2. The van der Waals surface area contributed by atoms with Crippen LogP contribution in [0.1, 0.15) is 50.4 Å². The van der Waals surface area contributed by atoms with Gasteiger partial charge in [-0.25, -0.2) is 0 Å². The Balaban J connectivity index is 0.0000125. The number of aliphatic hydroxyl groups excluding tert-OH is 4. The number of hydrogen-bond donors (Lipinski definition) is 9. The smallest absolute Gasteiger partial charge is 0.480 e. The van der Waals surface area contributed by atoms with Crippen molar-refractivity contribution < 1.29 is 99.7 Å². The molecule has 2 heterocycles. The molecule has 18 nitrogen and oxygen atoms in total. The Bertz CT molecular complexity index is 1250. The number of carbonyl (C=O) groups is 5. The van der Waals surface area contributed by atoms with Gasteiger partial charge in [-0.05, 0) is 31.4 Å². The van der Waals surface area contributed by atoms with Crippen LogP contribution in [0.2, 0.25) is 0 Å². The second kappa shape index (κ2) is 23.9. The van der Waals surface area contributed by atoms with E-state index in [1.165, 1.54) is 0 Å². The molecule has 2 amide bonds. The predicted octanol–water partition coefficient (Wildman–Crippen LogP) is -2.73. The Kier molecular flexibility index (Phi) is 21.8. The van der Waals surface area contributed by atoms with Crippen molar-refractivity contribution in [3.63, 3.8) is 0 Å². The number of carbonyl (C=O) groups excluding carboxylic acids is 2. The van der Waals surface area contributed by atoms with Crippen molar-refractivity contribution >= 4 is 29.7 Å². The van der Waals surface area contributed by atoms with Crippen LogP contribution in [0, 0.1) is 39.9 Å². The summed E-state index contributed by atoms with van der Waals surface area (Å²) >= 11 is 0. The fraction of sp³-hybridized carbons (Fsp3) is 0.677. The van der Waals surface area contributed by atoms with Crippen molar-refractivity contribution in [2.75, 3.05) is 52.5 Å². The third-order valence-electron chi connectivity index (χ3n) is 8.29. The number of pyridine rings is 1. The molecule has 1 radical (unpaired) electrons. The van der Waals surface area contributed by atoms with Crippen molar-refractivity contribution in [1.29, 1.82) is 0 Å². The van der Waals surface area contributed by atoms with Gasteiger partial charge in [0, 0.05) is 65.2 Å². The Morgan fingerprint density at radius 1 is 0.700 bits per heavy atom. The van der Waals surface area contributed by atoms with Crippen molar-refractivity contribution in [3.05, 3.63) is 29.6 Å². The summed E-state index contributed by atoms with van der Waals surface area (Å²) in [5.74, 6) is -4.61. The van der Waals surface area contributed by atoms with Gasteiger partial charge >= 0.3 is 57.8 Å². The van der Waals surface area contributed by atoms with Crippen molar-refractivity contribution in [2.24, 2.45) is 0 Å². The summed E-state index contributed by atoms with van der Waals surface area (Å²) in [6.07, 6.45) is -2.84. The standard InChI is InChI=1S/C31H50N6O12.Gd/c1-2-24(29(44)45)36-12-10-35(25(30(46)47)6-8-27(42)32-14-22(40)18-38)11-13-37(17-21-5-3-4-20(16-36)34-21)26(31(48)49)7-9-28(43)33-15-23(41)19-39;/h3-5,22-26,38-41H,2,6-19H2,1H3,(H,32,42)(H,33,43)(H,44,45)(H,46,47)(H,48,49);/q;+3/t22?,23?,24-,25-,26-;/m0./s1. The molecular weight excluding hydrogens is 806 g/mol. The monoisotopic (exact) mass is 856 g/mol. The summed E-state index contributed by atoms with van der Waals surface area (Å²) in [5, 5.41) is 72.4. The van der Waals surface area contributed by atoms with Crippen LogP contribution in [-0.4, -0.2) is 168 Å². The molecular formula is C31H50GdN6O12+3. The molecule has 5 atom stereocenters. The molecule has 2 unspecified atom stereocenters. The molecule has 1 aliphatic rings. The number of aromatic nitrogens is 1. The van der Waals surface area contributed by atoms with E-state index in [1.807, 2.05) is 0 Å². The molecule has 0 saturated carbocycles. The molecule has 2 rings (SSSR count). The SMILES string of the molecule is CC[C@@H](C(=O)O)N1CCN([C@@H](CCC(=O)NCC(O)CO)C(=O)O)CCN([C@@H](CCC(=O)NCC(O)CO)C(=O)O)Cc2cccc(n2)C1.[Gd+3]. The minimum atomic E-state index is -1.25. The zero-order valence-corrected chi connectivity index (χ0v) is 30.3. The van der Waals surface area contributed by atoms with Crippen LogP contribution in [-0.2, 0) is 37.1 Å². The quantitative estimate of drug-likeness (QED) is 0.0684. The summed E-state index contributed by atoms with van der Waals surface area (Å²) in [4.78, 5) is 71.7. The molecule has 9 N–H and O–H groups in total. The zero-order valence-electron chi connectivity index (χ0n) is 28.0. The maximum Gasteiger partial charge on any atom is 3.00 e. The first-order valence-corrected chi connectivity index (χ1v) is 16.3. The Labute approximate surface area is 322 Å². The topological polar surface area (TPSA) is 274 Å². The predicted molar refractivity (Wildman–Crippen MR) is 172 cm³/mol. The average Bonchev–Trinajstić information content (AvgIpc) is 3.05. The van der Waals surface area contributed by atoms with Gasteiger partial charge in [-0.15, -0.1) is 0 Å². The fourth-order valence-corrected chi connectivity index (χ4v) is 5.57. The fourth-order valence-electron chi connectivity index (χ4n) is 5.57. The van der Waals surface area contributed by atoms with Gasteiger partial charge in [-0.1, -0.05) is 13.0 Å². The molecule has 0 fully saturated rings. The van der Waals surface area contributed by atoms with Gasteiger partial charge in [-0.3, -0.25) is 43.7 Å². The van der Waals surface area contributed by atoms with Gasteiger partial charge in [0.1, 0.15) is 18.1 Å². The van der Waals surface area contributed by atoms with Gasteiger partial charge in [0.15, 0.2) is 0 Å². The van der Waals surface area contributed by atoms with E-state index in [0.29, 0.717) is 11.4 Å². The van der Waals surface area contributed by atoms with Gasteiger partial charge < -0.3 is 46.4 Å². The molecule has 1 aromatic rings. The van der Waals surface area contributed by atoms with Crippen LogP contribution in [0.15, 0.2) is 18.2 Å². The molecule has 50 heavy (non-hydrogen) atoms. The molecule has 281 valence electrons. The van der Waals surface area contributed by atoms with Crippen LogP contribution >= 0.6 is 0 Å². The van der Waals surface area contributed by atoms with Gasteiger partial charge in [0.2, 0.25) is 11.8 Å². The first-order chi connectivity index (χ1) is 23.3. The van der Waals surface area contributed by atoms with Crippen LogP contribution in [0.3, 0.4) is 0 Å². The van der Waals surface area contributed by atoms with Crippen molar-refractivity contribution in [3.8, 4) is 0 Å². The summed E-state index contributed by atoms with van der Waals surface area (Å²) in [6.45, 7) is 0.440. The number of nitrogens with zero attached hydrogens (tertiary/aromatic N) is 4. The summed E-state index contributed by atoms with van der Waals surface area (Å²) in [6, 6.07) is 1.80. The second-order valence-electron chi connectivity index (χ2n) is 11.9. The van der Waals surface area contributed by atoms with E-state index < -0.39 is 73.3 Å². The van der Waals surface area contributed by atoms with E-state index in [0.717, 1.165) is 0 Å². The normalized spacial score (nSPS) is 17.8. The Morgan fingerprint density at radius 2 is 1.08 bits per heavy atom. The minimum Gasteiger partial charge on any atom is -0.480 e. The molecule has 0 spiro atoms. The molecule has 19 heteroatoms. The first-order valence-electron chi connectivity index (χ1n) is 16.3. The summed E-state index contributed by atoms with van der Waals surface area (Å²) < 4.78 is 0. The maximum atomic E-state index is 12.6. The van der Waals surface area contributed by atoms with Crippen LogP contribution in [0.4, 0.5) is 0 Å². The van der Waals surface area contributed by atoms with Crippen LogP contribution < -0.4 is 10.6 Å². The number of hydrogen-bond acceptors (Lipinski definition) is 13. The molecule has 1 aromatic heterocycles. The van der Waals surface area contributed by atoms with E-state index >= 15 is 0 Å². The van der Waals surface area contributed by atoms with Crippen molar-refractivity contribution in [2.45, 2.75) is 82.5 Å². The maximum absolute atomic E-state index is 12.6. The Morgan fingerprint density at radius 3 is 1.46 bits per heavy atom. The van der Waals surface area contributed by atoms with E-state index in [4.69, 9.17) is 10.2 Å². The first kappa shape index (κ1) is 45.6. The van der Waals surface area contributed by atoms with Gasteiger partial charge in [0.25, 0.3) is 0 Å². The third kappa shape index (κ3) is 15.8. The number of nitrogens with one attached hydrogen (secondary N) is 2. The number of rotatable bonds is 19. The van der Waals surface area contributed by atoms with E-state index in [9.17, 15) is 49.5 Å². The number of amides is 2. The largest absolute Gasteiger partial charge is 3.00 e. The summed E-state index contributed by atoms with van der Waals surface area (Å²) in [5.41, 5.74) is 1.00. The zero-order chi connectivity index (χ0) is 36.5. The molecule has 1 aliphatic heterocycles. The van der Waals surface area contributed by atoms with Crippen molar-refractivity contribution in [1.82, 2.24) is 30.3 Å².